The third-order valence-corrected chi connectivity index (χ3v) is 5.40. The van der Waals surface area contributed by atoms with Gasteiger partial charge in [-0.15, -0.1) is 5.10 Å². The molecule has 2 aromatic rings. The largest absolute Gasteiger partial charge is 0.330 e. The fourth-order valence-corrected chi connectivity index (χ4v) is 3.54. The molecule has 1 saturated heterocycles. The Morgan fingerprint density at radius 2 is 2.26 bits per heavy atom. The summed E-state index contributed by atoms with van der Waals surface area (Å²) < 4.78 is 15.8. The van der Waals surface area contributed by atoms with Crippen LogP contribution in [0.25, 0.3) is 5.69 Å². The number of likely N-dealkylation sites (tertiary alicyclic amines) is 1. The van der Waals surface area contributed by atoms with Crippen molar-refractivity contribution >= 4 is 11.6 Å². The summed E-state index contributed by atoms with van der Waals surface area (Å²) in [4.78, 5) is 14.5. The van der Waals surface area contributed by atoms with Gasteiger partial charge in [-0.25, -0.2) is 4.39 Å². The summed E-state index contributed by atoms with van der Waals surface area (Å²) in [5.41, 5.74) is 6.63. The average Bonchev–Trinajstić information content (AvgIpc) is 3.25. The van der Waals surface area contributed by atoms with Crippen molar-refractivity contribution in [1.29, 1.82) is 0 Å². The van der Waals surface area contributed by atoms with E-state index in [4.69, 9.17) is 5.73 Å². The topological polar surface area (TPSA) is 102 Å². The van der Waals surface area contributed by atoms with Gasteiger partial charge in [0.2, 0.25) is 5.91 Å². The van der Waals surface area contributed by atoms with E-state index in [2.05, 4.69) is 32.7 Å². The number of nitrogens with one attached hydrogen (secondary N) is 1. The van der Waals surface area contributed by atoms with Crippen molar-refractivity contribution in [3.63, 3.8) is 0 Å². The highest BCUT2D eigenvalue weighted by atomic mass is 19.1. The fraction of sp³-hybridized carbons (Fsp3) is 0.556. The van der Waals surface area contributed by atoms with E-state index < -0.39 is 5.82 Å². The second-order valence-electron chi connectivity index (χ2n) is 7.91. The van der Waals surface area contributed by atoms with Crippen LogP contribution in [0.4, 0.5) is 10.1 Å². The van der Waals surface area contributed by atoms with Crippen LogP contribution in [0.5, 0.6) is 0 Å². The summed E-state index contributed by atoms with van der Waals surface area (Å²) in [6.45, 7) is 4.53. The Morgan fingerprint density at radius 3 is 2.96 bits per heavy atom. The van der Waals surface area contributed by atoms with Gasteiger partial charge in [-0.2, -0.15) is 4.68 Å². The number of aromatic nitrogens is 4. The summed E-state index contributed by atoms with van der Waals surface area (Å²) in [6.07, 6.45) is 3.08. The zero-order valence-electron chi connectivity index (χ0n) is 15.4. The first kappa shape index (κ1) is 18.0. The van der Waals surface area contributed by atoms with Crippen LogP contribution >= 0.6 is 0 Å². The van der Waals surface area contributed by atoms with Crippen LogP contribution in [0.15, 0.2) is 18.2 Å². The van der Waals surface area contributed by atoms with Crippen molar-refractivity contribution in [2.45, 2.75) is 32.1 Å². The number of rotatable bonds is 6. The molecule has 0 bridgehead atoms. The standard InChI is InChI=1S/C18H24FN7O/c1-18(10-20)6-7-25(11-18)9-16(27)21-15-8-13(4-5-14(15)19)26-17(12-2-3-12)22-23-24-26/h4-5,8,12H,2-3,6-7,9-11,20H2,1H3,(H,21,27). The summed E-state index contributed by atoms with van der Waals surface area (Å²) in [5.74, 6) is 0.403. The molecule has 8 nitrogen and oxygen atoms in total. The maximum atomic E-state index is 14.2. The Kier molecular flexibility index (Phi) is 4.65. The van der Waals surface area contributed by atoms with Gasteiger partial charge in [0.15, 0.2) is 5.82 Å². The zero-order chi connectivity index (χ0) is 19.0. The molecule has 1 aliphatic carbocycles. The molecular formula is C18H24FN7O. The number of amides is 1. The minimum Gasteiger partial charge on any atom is -0.330 e. The van der Waals surface area contributed by atoms with E-state index in [1.807, 2.05) is 0 Å². The Morgan fingerprint density at radius 1 is 1.44 bits per heavy atom. The number of carbonyl (C=O) groups is 1. The third kappa shape index (κ3) is 3.84. The molecule has 0 radical (unpaired) electrons. The molecule has 2 fully saturated rings. The van der Waals surface area contributed by atoms with Crippen molar-refractivity contribution in [3.8, 4) is 5.69 Å². The third-order valence-electron chi connectivity index (χ3n) is 5.40. The Labute approximate surface area is 156 Å². The van der Waals surface area contributed by atoms with E-state index in [9.17, 15) is 9.18 Å². The predicted octanol–water partition coefficient (Wildman–Crippen LogP) is 1.29. The molecule has 3 N–H and O–H groups in total. The van der Waals surface area contributed by atoms with Gasteiger partial charge in [0, 0.05) is 12.5 Å². The molecule has 2 heterocycles. The van der Waals surface area contributed by atoms with Crippen molar-refractivity contribution in [1.82, 2.24) is 25.1 Å². The molecule has 4 rings (SSSR count). The minimum atomic E-state index is -0.485. The van der Waals surface area contributed by atoms with Crippen molar-refractivity contribution in [2.75, 3.05) is 31.5 Å². The van der Waals surface area contributed by atoms with Gasteiger partial charge in [-0.1, -0.05) is 6.92 Å². The van der Waals surface area contributed by atoms with Gasteiger partial charge in [0.05, 0.1) is 17.9 Å². The van der Waals surface area contributed by atoms with Crippen LogP contribution in [0.3, 0.4) is 0 Å². The smallest absolute Gasteiger partial charge is 0.238 e. The molecule has 144 valence electrons. The highest BCUT2D eigenvalue weighted by molar-refractivity contribution is 5.92. The molecule has 1 aromatic carbocycles. The van der Waals surface area contributed by atoms with Crippen molar-refractivity contribution < 1.29 is 9.18 Å². The molecule has 1 aromatic heterocycles. The highest BCUT2D eigenvalue weighted by Crippen LogP contribution is 2.39. The molecule has 9 heteroatoms. The predicted molar refractivity (Wildman–Crippen MR) is 97.9 cm³/mol. The van der Waals surface area contributed by atoms with Crippen LogP contribution in [0.2, 0.25) is 0 Å². The highest BCUT2D eigenvalue weighted by Gasteiger charge is 2.33. The average molecular weight is 373 g/mol. The number of nitrogens with zero attached hydrogens (tertiary/aromatic N) is 5. The zero-order valence-corrected chi connectivity index (χ0v) is 15.4. The molecule has 0 spiro atoms. The maximum Gasteiger partial charge on any atom is 0.238 e. The molecule has 27 heavy (non-hydrogen) atoms. The van der Waals surface area contributed by atoms with Crippen LogP contribution in [0.1, 0.15) is 37.9 Å². The number of halogens is 1. The summed E-state index contributed by atoms with van der Waals surface area (Å²) in [7, 11) is 0. The van der Waals surface area contributed by atoms with Gasteiger partial charge >= 0.3 is 0 Å². The lowest BCUT2D eigenvalue weighted by atomic mass is 9.90. The van der Waals surface area contributed by atoms with E-state index >= 15 is 0 Å². The first-order valence-corrected chi connectivity index (χ1v) is 9.28. The minimum absolute atomic E-state index is 0.0464. The molecule has 1 unspecified atom stereocenters. The number of anilines is 1. The van der Waals surface area contributed by atoms with Crippen LogP contribution in [-0.2, 0) is 4.79 Å². The van der Waals surface area contributed by atoms with E-state index in [1.165, 1.54) is 6.07 Å². The second-order valence-corrected chi connectivity index (χ2v) is 7.91. The lowest BCUT2D eigenvalue weighted by Crippen LogP contribution is -2.35. The van der Waals surface area contributed by atoms with E-state index in [-0.39, 0.29) is 23.6 Å². The fourth-order valence-electron chi connectivity index (χ4n) is 3.54. The molecule has 1 aliphatic heterocycles. The SMILES string of the molecule is CC1(CN)CCN(CC(=O)Nc2cc(-n3nnnc3C3CC3)ccc2F)C1. The number of nitrogens with two attached hydrogens (primary N) is 1. The normalized spacial score (nSPS) is 22.9. The maximum absolute atomic E-state index is 14.2. The van der Waals surface area contributed by atoms with Crippen molar-refractivity contribution in [3.05, 3.63) is 29.8 Å². The van der Waals surface area contributed by atoms with Gasteiger partial charge in [0.25, 0.3) is 0 Å². The quantitative estimate of drug-likeness (QED) is 0.791. The van der Waals surface area contributed by atoms with Crippen LogP contribution in [0, 0.1) is 11.2 Å². The summed E-state index contributed by atoms with van der Waals surface area (Å²) in [5, 5.41) is 14.5. The van der Waals surface area contributed by atoms with E-state index in [0.29, 0.717) is 18.2 Å². The van der Waals surface area contributed by atoms with Crippen LogP contribution in [-0.4, -0.2) is 57.2 Å². The number of benzene rings is 1. The molecule has 1 atom stereocenters. The summed E-state index contributed by atoms with van der Waals surface area (Å²) in [6, 6.07) is 4.51. The van der Waals surface area contributed by atoms with Crippen molar-refractivity contribution in [2.24, 2.45) is 11.1 Å². The number of hydrogen-bond acceptors (Lipinski definition) is 6. The first-order valence-electron chi connectivity index (χ1n) is 9.28. The van der Waals surface area contributed by atoms with Gasteiger partial charge < -0.3 is 11.1 Å². The molecule has 1 amide bonds. The van der Waals surface area contributed by atoms with E-state index in [0.717, 1.165) is 38.2 Å². The number of tetrazole rings is 1. The van der Waals surface area contributed by atoms with Crippen LogP contribution < -0.4 is 11.1 Å². The molecular weight excluding hydrogens is 349 g/mol. The molecule has 1 saturated carbocycles. The Balaban J connectivity index is 1.46. The Hall–Kier alpha value is -2.39. The monoisotopic (exact) mass is 373 g/mol. The van der Waals surface area contributed by atoms with Gasteiger partial charge in [-0.05, 0) is 66.4 Å². The molecule has 2 aliphatic rings. The lowest BCUT2D eigenvalue weighted by Gasteiger charge is -2.22. The Bertz CT molecular complexity index is 850. The van der Waals surface area contributed by atoms with Gasteiger partial charge in [0.1, 0.15) is 5.82 Å². The summed E-state index contributed by atoms with van der Waals surface area (Å²) >= 11 is 0. The number of carbonyl (C=O) groups excluding carboxylic acids is 1. The first-order chi connectivity index (χ1) is 13.0. The van der Waals surface area contributed by atoms with Gasteiger partial charge in [-0.3, -0.25) is 9.69 Å². The van der Waals surface area contributed by atoms with E-state index in [1.54, 1.807) is 16.8 Å². The lowest BCUT2D eigenvalue weighted by molar-refractivity contribution is -0.117. The second kappa shape index (κ2) is 6.97. The number of hydrogen-bond donors (Lipinski definition) is 2.